The van der Waals surface area contributed by atoms with Crippen molar-refractivity contribution in [3.05, 3.63) is 84.4 Å². The lowest BCUT2D eigenvalue weighted by molar-refractivity contribution is 0.0697. The van der Waals surface area contributed by atoms with E-state index in [1.807, 2.05) is 12.1 Å². The molecule has 3 aromatic carbocycles. The van der Waals surface area contributed by atoms with Crippen LogP contribution in [0, 0.1) is 0 Å². The number of amides is 4. The first-order valence-corrected chi connectivity index (χ1v) is 8.39. The fraction of sp³-hybridized carbons (Fsp3) is 0. The second-order valence-corrected chi connectivity index (χ2v) is 5.86. The lowest BCUT2D eigenvalue weighted by atomic mass is 10.0. The summed E-state index contributed by atoms with van der Waals surface area (Å²) in [5, 5.41) is 16.3. The highest BCUT2D eigenvalue weighted by Crippen LogP contribution is 2.23. The molecule has 0 saturated carbocycles. The van der Waals surface area contributed by atoms with Crippen LogP contribution in [0.5, 0.6) is 0 Å². The number of para-hydroxylation sites is 1. The molecular formula is C21H17N3O4. The predicted molar refractivity (Wildman–Crippen MR) is 106 cm³/mol. The predicted octanol–water partition coefficient (Wildman–Crippen LogP) is 4.41. The minimum Gasteiger partial charge on any atom is -0.478 e. The van der Waals surface area contributed by atoms with E-state index in [9.17, 15) is 14.4 Å². The van der Waals surface area contributed by atoms with Gasteiger partial charge in [0.15, 0.2) is 0 Å². The molecule has 0 aliphatic rings. The molecule has 0 heterocycles. The highest BCUT2D eigenvalue weighted by atomic mass is 16.4. The maximum Gasteiger partial charge on any atom is 0.335 e. The van der Waals surface area contributed by atoms with Crippen molar-refractivity contribution in [2.45, 2.75) is 0 Å². The smallest absolute Gasteiger partial charge is 0.335 e. The number of carboxylic acids is 1. The summed E-state index contributed by atoms with van der Waals surface area (Å²) in [5.41, 5.74) is 2.85. The zero-order valence-corrected chi connectivity index (χ0v) is 14.7. The van der Waals surface area contributed by atoms with Gasteiger partial charge in [0.05, 0.1) is 5.56 Å². The van der Waals surface area contributed by atoms with Crippen LogP contribution in [-0.4, -0.2) is 23.1 Å². The number of imide groups is 1. The molecule has 0 fully saturated rings. The van der Waals surface area contributed by atoms with E-state index >= 15 is 0 Å². The molecule has 4 amide bonds. The third-order valence-corrected chi connectivity index (χ3v) is 3.84. The number of hydrogen-bond donors (Lipinski definition) is 4. The van der Waals surface area contributed by atoms with E-state index in [2.05, 4.69) is 16.0 Å². The Balaban J connectivity index is 1.63. The van der Waals surface area contributed by atoms with Crippen molar-refractivity contribution in [1.82, 2.24) is 5.32 Å². The van der Waals surface area contributed by atoms with Gasteiger partial charge in [-0.25, -0.2) is 14.4 Å². The van der Waals surface area contributed by atoms with Crippen LogP contribution >= 0.6 is 0 Å². The Kier molecular flexibility index (Phi) is 5.66. The molecule has 28 heavy (non-hydrogen) atoms. The summed E-state index contributed by atoms with van der Waals surface area (Å²) in [5.74, 6) is -0.993. The van der Waals surface area contributed by atoms with Gasteiger partial charge in [-0.3, -0.25) is 5.32 Å². The van der Waals surface area contributed by atoms with Crippen LogP contribution in [-0.2, 0) is 0 Å². The monoisotopic (exact) mass is 375 g/mol. The summed E-state index contributed by atoms with van der Waals surface area (Å²) in [6, 6.07) is 20.8. The molecule has 7 nitrogen and oxygen atoms in total. The minimum atomic E-state index is -0.993. The average Bonchev–Trinajstić information content (AvgIpc) is 2.69. The zero-order valence-electron chi connectivity index (χ0n) is 14.7. The second-order valence-electron chi connectivity index (χ2n) is 5.86. The Labute approximate surface area is 161 Å². The van der Waals surface area contributed by atoms with Crippen LogP contribution in [0.3, 0.4) is 0 Å². The normalized spacial score (nSPS) is 10.0. The molecule has 0 aliphatic carbocycles. The summed E-state index contributed by atoms with van der Waals surface area (Å²) in [6.07, 6.45) is 0. The van der Waals surface area contributed by atoms with Crippen molar-refractivity contribution in [1.29, 1.82) is 0 Å². The van der Waals surface area contributed by atoms with Crippen molar-refractivity contribution < 1.29 is 19.5 Å². The third kappa shape index (κ3) is 4.95. The minimum absolute atomic E-state index is 0.196. The molecule has 0 radical (unpaired) electrons. The molecule has 0 aliphatic heterocycles. The number of aromatic carboxylic acids is 1. The number of carbonyl (C=O) groups is 3. The number of benzene rings is 3. The van der Waals surface area contributed by atoms with Crippen LogP contribution in [0.4, 0.5) is 21.0 Å². The molecule has 3 rings (SSSR count). The van der Waals surface area contributed by atoms with Gasteiger partial charge < -0.3 is 15.7 Å². The first kappa shape index (κ1) is 18.7. The molecule has 3 aromatic rings. The van der Waals surface area contributed by atoms with Crippen molar-refractivity contribution in [2.24, 2.45) is 0 Å². The van der Waals surface area contributed by atoms with Crippen LogP contribution in [0.2, 0.25) is 0 Å². The number of anilines is 2. The average molecular weight is 375 g/mol. The van der Waals surface area contributed by atoms with E-state index < -0.39 is 18.0 Å². The summed E-state index contributed by atoms with van der Waals surface area (Å²) in [7, 11) is 0. The zero-order chi connectivity index (χ0) is 19.9. The van der Waals surface area contributed by atoms with Crippen molar-refractivity contribution in [3.8, 4) is 11.1 Å². The van der Waals surface area contributed by atoms with Gasteiger partial charge in [-0.2, -0.15) is 0 Å². The maximum absolute atomic E-state index is 12.0. The Morgan fingerprint density at radius 1 is 0.643 bits per heavy atom. The number of rotatable bonds is 4. The summed E-state index contributed by atoms with van der Waals surface area (Å²) < 4.78 is 0. The van der Waals surface area contributed by atoms with Gasteiger partial charge in [0.1, 0.15) is 0 Å². The molecular weight excluding hydrogens is 358 g/mol. The van der Waals surface area contributed by atoms with Gasteiger partial charge >= 0.3 is 18.0 Å². The van der Waals surface area contributed by atoms with Gasteiger partial charge in [-0.05, 0) is 47.5 Å². The SMILES string of the molecule is O=C(NC(=O)Nc1cccc(-c2ccc(C(=O)O)cc2)c1)Nc1ccccc1. The number of carboxylic acid groups (broad SMARTS) is 1. The molecule has 0 atom stereocenters. The lowest BCUT2D eigenvalue weighted by Crippen LogP contribution is -2.37. The molecule has 7 heteroatoms. The van der Waals surface area contributed by atoms with E-state index in [0.29, 0.717) is 11.4 Å². The van der Waals surface area contributed by atoms with E-state index in [1.165, 1.54) is 12.1 Å². The number of urea groups is 2. The number of carbonyl (C=O) groups excluding carboxylic acids is 2. The third-order valence-electron chi connectivity index (χ3n) is 3.84. The van der Waals surface area contributed by atoms with E-state index in [1.54, 1.807) is 54.6 Å². The Morgan fingerprint density at radius 3 is 1.89 bits per heavy atom. The van der Waals surface area contributed by atoms with Gasteiger partial charge in [0.25, 0.3) is 0 Å². The summed E-state index contributed by atoms with van der Waals surface area (Å²) in [6.45, 7) is 0. The number of hydrogen-bond acceptors (Lipinski definition) is 3. The maximum atomic E-state index is 12.0. The Hall–Kier alpha value is -4.13. The topological polar surface area (TPSA) is 108 Å². The highest BCUT2D eigenvalue weighted by molar-refractivity contribution is 6.05. The standard InChI is InChI=1S/C21H17N3O4/c25-19(26)15-11-9-14(10-12-15)16-5-4-8-18(13-16)23-21(28)24-20(27)22-17-6-2-1-3-7-17/h1-13H,(H,25,26)(H3,22,23,24,27,28). The van der Waals surface area contributed by atoms with Crippen LogP contribution < -0.4 is 16.0 Å². The van der Waals surface area contributed by atoms with Gasteiger partial charge in [-0.15, -0.1) is 0 Å². The summed E-state index contributed by atoms with van der Waals surface area (Å²) >= 11 is 0. The Morgan fingerprint density at radius 2 is 1.25 bits per heavy atom. The molecule has 4 N–H and O–H groups in total. The number of nitrogens with one attached hydrogen (secondary N) is 3. The van der Waals surface area contributed by atoms with Crippen molar-refractivity contribution >= 4 is 29.4 Å². The quantitative estimate of drug-likeness (QED) is 0.542. The molecule has 140 valence electrons. The van der Waals surface area contributed by atoms with Crippen LogP contribution in [0.25, 0.3) is 11.1 Å². The highest BCUT2D eigenvalue weighted by Gasteiger charge is 2.09. The lowest BCUT2D eigenvalue weighted by Gasteiger charge is -2.10. The molecule has 0 unspecified atom stereocenters. The van der Waals surface area contributed by atoms with E-state index in [4.69, 9.17) is 5.11 Å². The Bertz CT molecular complexity index is 1000. The first-order chi connectivity index (χ1) is 13.5. The van der Waals surface area contributed by atoms with Gasteiger partial charge in [-0.1, -0.05) is 42.5 Å². The first-order valence-electron chi connectivity index (χ1n) is 8.39. The molecule has 0 aromatic heterocycles. The molecule has 0 bridgehead atoms. The van der Waals surface area contributed by atoms with E-state index in [-0.39, 0.29) is 5.56 Å². The van der Waals surface area contributed by atoms with Gasteiger partial charge in [0, 0.05) is 11.4 Å². The second kappa shape index (κ2) is 8.50. The largest absolute Gasteiger partial charge is 0.478 e. The van der Waals surface area contributed by atoms with Crippen molar-refractivity contribution in [3.63, 3.8) is 0 Å². The fourth-order valence-corrected chi connectivity index (χ4v) is 2.53. The van der Waals surface area contributed by atoms with E-state index in [0.717, 1.165) is 11.1 Å². The molecule has 0 spiro atoms. The fourth-order valence-electron chi connectivity index (χ4n) is 2.53. The van der Waals surface area contributed by atoms with Crippen LogP contribution in [0.15, 0.2) is 78.9 Å². The van der Waals surface area contributed by atoms with Gasteiger partial charge in [0.2, 0.25) is 0 Å². The summed E-state index contributed by atoms with van der Waals surface area (Å²) in [4.78, 5) is 34.8. The van der Waals surface area contributed by atoms with Crippen molar-refractivity contribution in [2.75, 3.05) is 10.6 Å². The van der Waals surface area contributed by atoms with Crippen LogP contribution in [0.1, 0.15) is 10.4 Å². The molecule has 0 saturated heterocycles.